The fourth-order valence-electron chi connectivity index (χ4n) is 1.75. The van der Waals surface area contributed by atoms with Gasteiger partial charge in [0.1, 0.15) is 19.0 Å². The third kappa shape index (κ3) is 6.41. The number of ether oxygens (including phenoxy) is 2. The van der Waals surface area contributed by atoms with Crippen molar-refractivity contribution in [3.8, 4) is 5.75 Å². The second-order valence-corrected chi connectivity index (χ2v) is 4.87. The van der Waals surface area contributed by atoms with Crippen LogP contribution < -0.4 is 4.74 Å². The van der Waals surface area contributed by atoms with Crippen LogP contribution in [-0.2, 0) is 16.0 Å². The molecule has 0 saturated heterocycles. The fraction of sp³-hybridized carbons (Fsp3) is 0.471. The number of hydrogen-bond donors (Lipinski definition) is 0. The summed E-state index contributed by atoms with van der Waals surface area (Å²) in [4.78, 5) is 11.1. The van der Waals surface area contributed by atoms with Crippen molar-refractivity contribution in [3.05, 3.63) is 42.0 Å². The van der Waals surface area contributed by atoms with Gasteiger partial charge in [0.05, 0.1) is 0 Å². The number of unbranched alkanes of at least 4 members (excludes halogenated alkanes) is 2. The van der Waals surface area contributed by atoms with E-state index in [0.29, 0.717) is 12.2 Å². The van der Waals surface area contributed by atoms with Gasteiger partial charge in [-0.25, -0.2) is 4.79 Å². The largest absolute Gasteiger partial charge is 0.490 e. The molecule has 110 valence electrons. The van der Waals surface area contributed by atoms with Crippen LogP contribution in [0.3, 0.4) is 0 Å². The Labute approximate surface area is 121 Å². The average molecular weight is 276 g/mol. The Balaban J connectivity index is 2.24. The summed E-state index contributed by atoms with van der Waals surface area (Å²) in [5.41, 5.74) is 1.74. The molecule has 0 spiro atoms. The van der Waals surface area contributed by atoms with E-state index in [9.17, 15) is 4.79 Å². The second kappa shape index (κ2) is 9.18. The number of esters is 1. The lowest BCUT2D eigenvalue weighted by Gasteiger charge is -2.08. The zero-order valence-electron chi connectivity index (χ0n) is 12.5. The van der Waals surface area contributed by atoms with Gasteiger partial charge >= 0.3 is 5.97 Å². The van der Waals surface area contributed by atoms with E-state index in [1.807, 2.05) is 12.1 Å². The standard InChI is InChI=1S/C17H24O3/c1-4-5-6-7-15-8-10-16(11-9-15)19-12-13-20-17(18)14(2)3/h8-11H,2,4-7,12-13H2,1,3H3. The topological polar surface area (TPSA) is 35.5 Å². The van der Waals surface area contributed by atoms with Crippen LogP contribution in [0.5, 0.6) is 5.75 Å². The Kier molecular flexibility index (Phi) is 7.48. The Morgan fingerprint density at radius 2 is 1.85 bits per heavy atom. The highest BCUT2D eigenvalue weighted by Gasteiger charge is 2.02. The summed E-state index contributed by atoms with van der Waals surface area (Å²) in [6, 6.07) is 8.10. The molecule has 0 unspecified atom stereocenters. The van der Waals surface area contributed by atoms with Crippen LogP contribution in [0.15, 0.2) is 36.4 Å². The Morgan fingerprint density at radius 3 is 2.45 bits per heavy atom. The monoisotopic (exact) mass is 276 g/mol. The summed E-state index contributed by atoms with van der Waals surface area (Å²) in [5.74, 6) is 0.426. The Hall–Kier alpha value is -1.77. The number of rotatable bonds is 9. The molecule has 0 atom stereocenters. The molecule has 3 heteroatoms. The van der Waals surface area contributed by atoms with Gasteiger partial charge in [-0.2, -0.15) is 0 Å². The number of benzene rings is 1. The van der Waals surface area contributed by atoms with Crippen LogP contribution in [-0.4, -0.2) is 19.2 Å². The Bertz CT molecular complexity index is 420. The highest BCUT2D eigenvalue weighted by atomic mass is 16.6. The van der Waals surface area contributed by atoms with Gasteiger partial charge in [0.2, 0.25) is 0 Å². The van der Waals surface area contributed by atoms with E-state index in [-0.39, 0.29) is 12.6 Å². The predicted molar refractivity (Wildman–Crippen MR) is 80.9 cm³/mol. The molecule has 0 fully saturated rings. The van der Waals surface area contributed by atoms with E-state index >= 15 is 0 Å². The van der Waals surface area contributed by atoms with Crippen LogP contribution in [0.2, 0.25) is 0 Å². The minimum atomic E-state index is -0.375. The zero-order chi connectivity index (χ0) is 14.8. The molecule has 0 aliphatic carbocycles. The first-order valence-electron chi connectivity index (χ1n) is 7.18. The molecule has 1 rings (SSSR count). The van der Waals surface area contributed by atoms with Crippen molar-refractivity contribution in [1.82, 2.24) is 0 Å². The van der Waals surface area contributed by atoms with Gasteiger partial charge < -0.3 is 9.47 Å². The first-order chi connectivity index (χ1) is 9.63. The third-order valence-corrected chi connectivity index (χ3v) is 2.93. The molecule has 0 aliphatic heterocycles. The molecule has 20 heavy (non-hydrogen) atoms. The van der Waals surface area contributed by atoms with Crippen LogP contribution in [0.4, 0.5) is 0 Å². The maximum absolute atomic E-state index is 11.1. The van der Waals surface area contributed by atoms with Gasteiger partial charge in [-0.1, -0.05) is 38.5 Å². The molecule has 0 bridgehead atoms. The van der Waals surface area contributed by atoms with Crippen molar-refractivity contribution in [3.63, 3.8) is 0 Å². The first-order valence-corrected chi connectivity index (χ1v) is 7.18. The molecule has 0 radical (unpaired) electrons. The summed E-state index contributed by atoms with van der Waals surface area (Å²) < 4.78 is 10.5. The lowest BCUT2D eigenvalue weighted by Crippen LogP contribution is -2.12. The molecule has 1 aromatic carbocycles. The van der Waals surface area contributed by atoms with E-state index in [2.05, 4.69) is 25.6 Å². The van der Waals surface area contributed by atoms with Gasteiger partial charge in [0, 0.05) is 5.57 Å². The predicted octanol–water partition coefficient (Wildman–Crippen LogP) is 3.92. The molecule has 0 N–H and O–H groups in total. The second-order valence-electron chi connectivity index (χ2n) is 4.87. The number of carbonyl (C=O) groups excluding carboxylic acids is 1. The molecule has 3 nitrogen and oxygen atoms in total. The third-order valence-electron chi connectivity index (χ3n) is 2.93. The molecule has 0 heterocycles. The molecule has 0 amide bonds. The molecule has 0 aliphatic rings. The maximum Gasteiger partial charge on any atom is 0.333 e. The maximum atomic E-state index is 11.1. The van der Waals surface area contributed by atoms with Crippen LogP contribution in [0.1, 0.15) is 38.7 Å². The smallest absolute Gasteiger partial charge is 0.333 e. The van der Waals surface area contributed by atoms with Gasteiger partial charge in [0.15, 0.2) is 0 Å². The van der Waals surface area contributed by atoms with Gasteiger partial charge in [-0.15, -0.1) is 0 Å². The zero-order valence-corrected chi connectivity index (χ0v) is 12.5. The first kappa shape index (κ1) is 16.3. The number of carbonyl (C=O) groups is 1. The van der Waals surface area contributed by atoms with Gasteiger partial charge in [0.25, 0.3) is 0 Å². The van der Waals surface area contributed by atoms with E-state index in [4.69, 9.17) is 9.47 Å². The molecular weight excluding hydrogens is 252 g/mol. The highest BCUT2D eigenvalue weighted by molar-refractivity contribution is 5.86. The van der Waals surface area contributed by atoms with Crippen molar-refractivity contribution in [2.75, 3.05) is 13.2 Å². The molecular formula is C17H24O3. The quantitative estimate of drug-likeness (QED) is 0.389. The summed E-state index contributed by atoms with van der Waals surface area (Å²) in [7, 11) is 0. The van der Waals surface area contributed by atoms with Crippen molar-refractivity contribution >= 4 is 5.97 Å². The minimum absolute atomic E-state index is 0.240. The number of aryl methyl sites for hydroxylation is 1. The summed E-state index contributed by atoms with van der Waals surface area (Å²) in [6.45, 7) is 7.94. The summed E-state index contributed by atoms with van der Waals surface area (Å²) >= 11 is 0. The van der Waals surface area contributed by atoms with E-state index in [0.717, 1.165) is 12.2 Å². The van der Waals surface area contributed by atoms with E-state index < -0.39 is 0 Å². The summed E-state index contributed by atoms with van der Waals surface area (Å²) in [6.07, 6.45) is 4.86. The van der Waals surface area contributed by atoms with E-state index in [1.54, 1.807) is 6.92 Å². The van der Waals surface area contributed by atoms with Gasteiger partial charge in [-0.05, 0) is 37.5 Å². The van der Waals surface area contributed by atoms with Crippen molar-refractivity contribution in [1.29, 1.82) is 0 Å². The molecule has 0 aromatic heterocycles. The SMILES string of the molecule is C=C(C)C(=O)OCCOc1ccc(CCCCC)cc1. The molecule has 0 saturated carbocycles. The lowest BCUT2D eigenvalue weighted by atomic mass is 10.1. The van der Waals surface area contributed by atoms with Crippen molar-refractivity contribution < 1.29 is 14.3 Å². The Morgan fingerprint density at radius 1 is 1.15 bits per heavy atom. The fourth-order valence-corrected chi connectivity index (χ4v) is 1.75. The summed E-state index contributed by atoms with van der Waals surface area (Å²) in [5, 5.41) is 0. The highest BCUT2D eigenvalue weighted by Crippen LogP contribution is 2.14. The minimum Gasteiger partial charge on any atom is -0.490 e. The molecule has 1 aromatic rings. The normalized spacial score (nSPS) is 10.1. The average Bonchev–Trinajstić information content (AvgIpc) is 2.45. The van der Waals surface area contributed by atoms with Crippen LogP contribution in [0.25, 0.3) is 0 Å². The van der Waals surface area contributed by atoms with E-state index in [1.165, 1.54) is 24.8 Å². The van der Waals surface area contributed by atoms with Crippen molar-refractivity contribution in [2.24, 2.45) is 0 Å². The van der Waals surface area contributed by atoms with Crippen LogP contribution in [0, 0.1) is 0 Å². The van der Waals surface area contributed by atoms with Crippen LogP contribution >= 0.6 is 0 Å². The lowest BCUT2D eigenvalue weighted by molar-refractivity contribution is -0.139. The van der Waals surface area contributed by atoms with Gasteiger partial charge in [-0.3, -0.25) is 0 Å². The number of hydrogen-bond acceptors (Lipinski definition) is 3. The van der Waals surface area contributed by atoms with Crippen molar-refractivity contribution in [2.45, 2.75) is 39.5 Å².